The number of esters is 1. The van der Waals surface area contributed by atoms with E-state index in [0.717, 1.165) is 4.47 Å². The van der Waals surface area contributed by atoms with Crippen molar-refractivity contribution in [2.45, 2.75) is 0 Å². The normalized spacial score (nSPS) is 10.1. The van der Waals surface area contributed by atoms with Crippen molar-refractivity contribution in [1.82, 2.24) is 0 Å². The van der Waals surface area contributed by atoms with Gasteiger partial charge in [0.15, 0.2) is 6.61 Å². The maximum absolute atomic E-state index is 12.2. The summed E-state index contributed by atoms with van der Waals surface area (Å²) in [4.78, 5) is 24.1. The Hall–Kier alpha value is -2.25. The predicted molar refractivity (Wildman–Crippen MR) is 97.6 cm³/mol. The molecule has 25 heavy (non-hydrogen) atoms. The summed E-state index contributed by atoms with van der Waals surface area (Å²) in [5.74, 6) is -0.423. The zero-order valence-corrected chi connectivity index (χ0v) is 15.8. The summed E-state index contributed by atoms with van der Waals surface area (Å²) in [6.45, 7) is -0.467. The van der Waals surface area contributed by atoms with Gasteiger partial charge < -0.3 is 19.5 Å². The lowest BCUT2D eigenvalue weighted by Crippen LogP contribution is -2.21. The number of amides is 1. The van der Waals surface area contributed by atoms with Gasteiger partial charge in [-0.3, -0.25) is 4.79 Å². The van der Waals surface area contributed by atoms with Crippen LogP contribution in [0.2, 0.25) is 5.02 Å². The van der Waals surface area contributed by atoms with E-state index in [0.29, 0.717) is 22.2 Å². The number of hydrogen-bond acceptors (Lipinski definition) is 5. The molecule has 1 N–H and O–H groups in total. The Morgan fingerprint density at radius 2 is 1.88 bits per heavy atom. The first-order chi connectivity index (χ1) is 11.9. The van der Waals surface area contributed by atoms with Gasteiger partial charge in [-0.2, -0.15) is 0 Å². The summed E-state index contributed by atoms with van der Waals surface area (Å²) in [7, 11) is 2.91. The molecule has 2 rings (SSSR count). The maximum atomic E-state index is 12.2. The summed E-state index contributed by atoms with van der Waals surface area (Å²) in [6.07, 6.45) is 0. The minimum Gasteiger partial charge on any atom is -0.497 e. The molecule has 0 saturated carbocycles. The number of rotatable bonds is 6. The van der Waals surface area contributed by atoms with E-state index in [1.165, 1.54) is 20.3 Å². The van der Waals surface area contributed by atoms with Crippen molar-refractivity contribution in [2.24, 2.45) is 0 Å². The Morgan fingerprint density at radius 3 is 2.52 bits per heavy atom. The van der Waals surface area contributed by atoms with Gasteiger partial charge in [-0.15, -0.1) is 0 Å². The molecule has 6 nitrogen and oxygen atoms in total. The Balaban J connectivity index is 2.00. The van der Waals surface area contributed by atoms with Crippen LogP contribution < -0.4 is 14.8 Å². The highest BCUT2D eigenvalue weighted by Crippen LogP contribution is 2.26. The van der Waals surface area contributed by atoms with Gasteiger partial charge in [-0.05, 0) is 36.4 Å². The molecule has 2 aromatic rings. The molecule has 0 bridgehead atoms. The van der Waals surface area contributed by atoms with Gasteiger partial charge in [0, 0.05) is 4.47 Å². The zero-order chi connectivity index (χ0) is 18.4. The third-order valence-corrected chi connectivity index (χ3v) is 3.97. The molecule has 1 amide bonds. The first kappa shape index (κ1) is 19.1. The number of hydrogen-bond donors (Lipinski definition) is 1. The topological polar surface area (TPSA) is 73.9 Å². The Morgan fingerprint density at radius 1 is 1.12 bits per heavy atom. The van der Waals surface area contributed by atoms with E-state index in [2.05, 4.69) is 21.2 Å². The molecule has 132 valence electrons. The van der Waals surface area contributed by atoms with E-state index in [1.807, 2.05) is 0 Å². The molecule has 8 heteroatoms. The number of nitrogens with one attached hydrogen (secondary N) is 1. The van der Waals surface area contributed by atoms with Crippen molar-refractivity contribution in [1.29, 1.82) is 0 Å². The van der Waals surface area contributed by atoms with Crippen LogP contribution in [0.5, 0.6) is 11.5 Å². The highest BCUT2D eigenvalue weighted by atomic mass is 79.9. The summed E-state index contributed by atoms with van der Waals surface area (Å²) >= 11 is 9.30. The SMILES string of the molecule is COc1ccc(OC)c(C(=O)OCC(=O)Nc2ccc(Br)cc2Cl)c1. The van der Waals surface area contributed by atoms with Gasteiger partial charge >= 0.3 is 5.97 Å². The van der Waals surface area contributed by atoms with Crippen LogP contribution >= 0.6 is 27.5 Å². The fourth-order valence-corrected chi connectivity index (χ4v) is 2.68. The van der Waals surface area contributed by atoms with E-state index >= 15 is 0 Å². The van der Waals surface area contributed by atoms with Crippen molar-refractivity contribution < 1.29 is 23.8 Å². The molecular formula is C17H15BrClNO5. The quantitative estimate of drug-likeness (QED) is 0.706. The Bertz CT molecular complexity index is 797. The van der Waals surface area contributed by atoms with Crippen LogP contribution in [0, 0.1) is 0 Å². The minimum atomic E-state index is -0.701. The van der Waals surface area contributed by atoms with Crippen LogP contribution in [-0.2, 0) is 9.53 Å². The largest absolute Gasteiger partial charge is 0.497 e. The minimum absolute atomic E-state index is 0.163. The fourth-order valence-electron chi connectivity index (χ4n) is 1.96. The van der Waals surface area contributed by atoms with E-state index in [1.54, 1.807) is 30.3 Å². The van der Waals surface area contributed by atoms with Crippen LogP contribution in [0.25, 0.3) is 0 Å². The first-order valence-corrected chi connectivity index (χ1v) is 8.25. The molecule has 0 spiro atoms. The third-order valence-electron chi connectivity index (χ3n) is 3.17. The second-order valence-electron chi connectivity index (χ2n) is 4.81. The van der Waals surface area contributed by atoms with Gasteiger partial charge in [0.1, 0.15) is 17.1 Å². The number of carbonyl (C=O) groups is 2. The number of benzene rings is 2. The number of halogens is 2. The third kappa shape index (κ3) is 5.11. The molecule has 0 aliphatic rings. The van der Waals surface area contributed by atoms with Crippen molar-refractivity contribution >= 4 is 45.1 Å². The van der Waals surface area contributed by atoms with E-state index in [-0.39, 0.29) is 5.56 Å². The van der Waals surface area contributed by atoms with Crippen molar-refractivity contribution in [3.8, 4) is 11.5 Å². The molecule has 0 atom stereocenters. The molecule has 0 fully saturated rings. The molecule has 0 heterocycles. The van der Waals surface area contributed by atoms with E-state index < -0.39 is 18.5 Å². The molecular weight excluding hydrogens is 414 g/mol. The zero-order valence-electron chi connectivity index (χ0n) is 13.5. The van der Waals surface area contributed by atoms with Crippen LogP contribution in [0.3, 0.4) is 0 Å². The maximum Gasteiger partial charge on any atom is 0.342 e. The lowest BCUT2D eigenvalue weighted by molar-refractivity contribution is -0.119. The van der Waals surface area contributed by atoms with Crippen LogP contribution in [0.1, 0.15) is 10.4 Å². The van der Waals surface area contributed by atoms with E-state index in [4.69, 9.17) is 25.8 Å². The second kappa shape index (κ2) is 8.73. The van der Waals surface area contributed by atoms with Crippen LogP contribution in [-0.4, -0.2) is 32.7 Å². The molecule has 0 radical (unpaired) electrons. The molecule has 0 aliphatic heterocycles. The number of methoxy groups -OCH3 is 2. The smallest absolute Gasteiger partial charge is 0.342 e. The Labute approximate surface area is 158 Å². The first-order valence-electron chi connectivity index (χ1n) is 7.08. The van der Waals surface area contributed by atoms with Gasteiger partial charge in [0.05, 0.1) is 24.9 Å². The van der Waals surface area contributed by atoms with Crippen molar-refractivity contribution in [3.63, 3.8) is 0 Å². The van der Waals surface area contributed by atoms with Gasteiger partial charge in [-0.25, -0.2) is 4.79 Å². The van der Waals surface area contributed by atoms with Gasteiger partial charge in [-0.1, -0.05) is 27.5 Å². The lowest BCUT2D eigenvalue weighted by Gasteiger charge is -2.11. The van der Waals surface area contributed by atoms with E-state index in [9.17, 15) is 9.59 Å². The van der Waals surface area contributed by atoms with Crippen LogP contribution in [0.15, 0.2) is 40.9 Å². The standard InChI is InChI=1S/C17H15BrClNO5/c1-23-11-4-6-15(24-2)12(8-11)17(22)25-9-16(21)20-14-5-3-10(18)7-13(14)19/h3-8H,9H2,1-2H3,(H,20,21). The number of carbonyl (C=O) groups excluding carboxylic acids is 2. The summed E-state index contributed by atoms with van der Waals surface area (Å²) < 4.78 is 16.0. The molecule has 0 saturated heterocycles. The van der Waals surface area contributed by atoms with Gasteiger partial charge in [0.25, 0.3) is 5.91 Å². The highest BCUT2D eigenvalue weighted by molar-refractivity contribution is 9.10. The average Bonchev–Trinajstić information content (AvgIpc) is 2.61. The average molecular weight is 429 g/mol. The fraction of sp³-hybridized carbons (Fsp3) is 0.176. The monoisotopic (exact) mass is 427 g/mol. The van der Waals surface area contributed by atoms with Crippen molar-refractivity contribution in [3.05, 3.63) is 51.5 Å². The number of ether oxygens (including phenoxy) is 3. The van der Waals surface area contributed by atoms with Crippen LogP contribution in [0.4, 0.5) is 5.69 Å². The summed E-state index contributed by atoms with van der Waals surface area (Å²) in [5, 5.41) is 2.93. The molecule has 0 aromatic heterocycles. The lowest BCUT2D eigenvalue weighted by atomic mass is 10.2. The summed E-state index contributed by atoms with van der Waals surface area (Å²) in [6, 6.07) is 9.72. The molecule has 0 unspecified atom stereocenters. The molecule has 2 aromatic carbocycles. The molecule has 0 aliphatic carbocycles. The highest BCUT2D eigenvalue weighted by Gasteiger charge is 2.17. The van der Waals surface area contributed by atoms with Gasteiger partial charge in [0.2, 0.25) is 0 Å². The predicted octanol–water partition coefficient (Wildman–Crippen LogP) is 3.92. The summed E-state index contributed by atoms with van der Waals surface area (Å²) in [5.41, 5.74) is 0.584. The second-order valence-corrected chi connectivity index (χ2v) is 6.14. The Kier molecular flexibility index (Phi) is 6.66. The van der Waals surface area contributed by atoms with Crippen molar-refractivity contribution in [2.75, 3.05) is 26.1 Å². The number of anilines is 1.